The SMILES string of the molecule is O=P(Oc1ccc(F)c(F)c1F)(Oc1ccc(F)c(F)c1F)Oc1ccc(F)c(F)c1F. The summed E-state index contributed by atoms with van der Waals surface area (Å²) in [7, 11) is -5.66. The molecule has 0 radical (unpaired) electrons. The van der Waals surface area contributed by atoms with Crippen molar-refractivity contribution in [2.75, 3.05) is 0 Å². The summed E-state index contributed by atoms with van der Waals surface area (Å²) in [5.74, 6) is -21.9. The van der Waals surface area contributed by atoms with Gasteiger partial charge in [-0.3, -0.25) is 0 Å². The topological polar surface area (TPSA) is 44.8 Å². The maximum Gasteiger partial charge on any atom is 0.647 e. The summed E-state index contributed by atoms with van der Waals surface area (Å²) in [5.41, 5.74) is 0. The van der Waals surface area contributed by atoms with E-state index in [0.29, 0.717) is 36.4 Å². The van der Waals surface area contributed by atoms with Gasteiger partial charge in [-0.1, -0.05) is 0 Å². The number of hydrogen-bond donors (Lipinski definition) is 0. The van der Waals surface area contributed by atoms with Gasteiger partial charge in [0.15, 0.2) is 52.2 Å². The van der Waals surface area contributed by atoms with Crippen LogP contribution in [0.2, 0.25) is 0 Å². The summed E-state index contributed by atoms with van der Waals surface area (Å²) < 4.78 is 148. The van der Waals surface area contributed by atoms with Crippen molar-refractivity contribution in [3.05, 3.63) is 88.8 Å². The lowest BCUT2D eigenvalue weighted by molar-refractivity contribution is 0.275. The first-order chi connectivity index (χ1) is 14.9. The monoisotopic (exact) mass is 488 g/mol. The number of phosphoric acid groups is 1. The van der Waals surface area contributed by atoms with Gasteiger partial charge in [0.05, 0.1) is 0 Å². The van der Waals surface area contributed by atoms with E-state index in [-0.39, 0.29) is 0 Å². The minimum atomic E-state index is -5.66. The Morgan fingerprint density at radius 2 is 0.688 bits per heavy atom. The van der Waals surface area contributed by atoms with Gasteiger partial charge in [0, 0.05) is 0 Å². The van der Waals surface area contributed by atoms with Crippen LogP contribution in [0.5, 0.6) is 17.2 Å². The fourth-order valence-corrected chi connectivity index (χ4v) is 3.41. The van der Waals surface area contributed by atoms with Gasteiger partial charge >= 0.3 is 7.82 Å². The van der Waals surface area contributed by atoms with Gasteiger partial charge in [-0.05, 0) is 36.4 Å². The molecule has 170 valence electrons. The van der Waals surface area contributed by atoms with Crippen molar-refractivity contribution >= 4 is 7.82 Å². The normalized spacial score (nSPS) is 11.4. The van der Waals surface area contributed by atoms with Crippen molar-refractivity contribution in [1.29, 1.82) is 0 Å². The number of phosphoric ester groups is 1. The molecule has 0 amide bonds. The van der Waals surface area contributed by atoms with Crippen molar-refractivity contribution in [2.24, 2.45) is 0 Å². The zero-order valence-corrected chi connectivity index (χ0v) is 15.8. The molecule has 0 aliphatic heterocycles. The van der Waals surface area contributed by atoms with Crippen molar-refractivity contribution in [3.8, 4) is 17.2 Å². The van der Waals surface area contributed by atoms with E-state index in [4.69, 9.17) is 0 Å². The van der Waals surface area contributed by atoms with E-state index in [1.807, 2.05) is 0 Å². The number of benzene rings is 3. The van der Waals surface area contributed by atoms with Crippen LogP contribution >= 0.6 is 7.82 Å². The van der Waals surface area contributed by atoms with Gasteiger partial charge < -0.3 is 13.6 Å². The molecule has 0 saturated heterocycles. The van der Waals surface area contributed by atoms with E-state index in [2.05, 4.69) is 13.6 Å². The van der Waals surface area contributed by atoms with Crippen molar-refractivity contribution < 1.29 is 57.7 Å². The van der Waals surface area contributed by atoms with Crippen molar-refractivity contribution in [2.45, 2.75) is 0 Å². The van der Waals surface area contributed by atoms with E-state index in [0.717, 1.165) is 0 Å². The molecule has 0 atom stereocenters. The Balaban J connectivity index is 2.09. The van der Waals surface area contributed by atoms with Crippen molar-refractivity contribution in [1.82, 2.24) is 0 Å². The molecule has 14 heteroatoms. The minimum absolute atomic E-state index is 0.300. The molecule has 0 N–H and O–H groups in total. The van der Waals surface area contributed by atoms with Crippen LogP contribution in [0.1, 0.15) is 0 Å². The number of halogens is 9. The molecule has 0 spiro atoms. The molecule has 0 unspecified atom stereocenters. The first-order valence-electron chi connectivity index (χ1n) is 8.03. The van der Waals surface area contributed by atoms with Crippen molar-refractivity contribution in [3.63, 3.8) is 0 Å². The van der Waals surface area contributed by atoms with Crippen LogP contribution in [0.3, 0.4) is 0 Å². The molecule has 0 aromatic heterocycles. The zero-order chi connectivity index (χ0) is 23.8. The lowest BCUT2D eigenvalue weighted by Gasteiger charge is -2.20. The Morgan fingerprint density at radius 3 is 0.938 bits per heavy atom. The van der Waals surface area contributed by atoms with Crippen LogP contribution in [-0.2, 0) is 4.57 Å². The molecule has 3 aromatic rings. The average molecular weight is 488 g/mol. The summed E-state index contributed by atoms with van der Waals surface area (Å²) in [6.07, 6.45) is 0. The van der Waals surface area contributed by atoms with Gasteiger partial charge in [-0.2, -0.15) is 17.7 Å². The molecule has 0 bridgehead atoms. The molecule has 4 nitrogen and oxygen atoms in total. The highest BCUT2D eigenvalue weighted by molar-refractivity contribution is 7.49. The third kappa shape index (κ3) is 4.47. The molecule has 0 heterocycles. The maximum atomic E-state index is 13.9. The fourth-order valence-electron chi connectivity index (χ4n) is 2.15. The molecular formula is C18H6F9O4P. The molecule has 0 aliphatic carbocycles. The summed E-state index contributed by atoms with van der Waals surface area (Å²) in [5, 5.41) is 0. The molecule has 3 aromatic carbocycles. The predicted octanol–water partition coefficient (Wildman–Crippen LogP) is 6.58. The van der Waals surface area contributed by atoms with E-state index in [9.17, 15) is 44.1 Å². The Labute approximate surface area is 172 Å². The van der Waals surface area contributed by atoms with Crippen LogP contribution in [0, 0.1) is 52.4 Å². The first kappa shape index (κ1) is 23.3. The minimum Gasteiger partial charge on any atom is -0.383 e. The molecular weight excluding hydrogens is 482 g/mol. The Kier molecular flexibility index (Phi) is 6.31. The second-order valence-electron chi connectivity index (χ2n) is 5.74. The third-order valence-corrected chi connectivity index (χ3v) is 4.89. The molecule has 0 aliphatic rings. The number of rotatable bonds is 6. The summed E-state index contributed by atoms with van der Waals surface area (Å²) >= 11 is 0. The fraction of sp³-hybridized carbons (Fsp3) is 0. The van der Waals surface area contributed by atoms with Crippen LogP contribution in [0.25, 0.3) is 0 Å². The highest BCUT2D eigenvalue weighted by Gasteiger charge is 2.38. The summed E-state index contributed by atoms with van der Waals surface area (Å²) in [6.45, 7) is 0. The Hall–Kier alpha value is -3.34. The summed E-state index contributed by atoms with van der Waals surface area (Å²) in [4.78, 5) is 0. The van der Waals surface area contributed by atoms with Gasteiger partial charge in [-0.25, -0.2) is 26.3 Å². The lowest BCUT2D eigenvalue weighted by atomic mass is 10.3. The van der Waals surface area contributed by atoms with E-state index >= 15 is 0 Å². The largest absolute Gasteiger partial charge is 0.647 e. The smallest absolute Gasteiger partial charge is 0.383 e. The highest BCUT2D eigenvalue weighted by atomic mass is 31.2. The molecule has 0 fully saturated rings. The predicted molar refractivity (Wildman–Crippen MR) is 88.4 cm³/mol. The highest BCUT2D eigenvalue weighted by Crippen LogP contribution is 2.51. The Morgan fingerprint density at radius 1 is 0.438 bits per heavy atom. The molecule has 0 saturated carbocycles. The number of hydrogen-bond acceptors (Lipinski definition) is 4. The van der Waals surface area contributed by atoms with E-state index in [1.54, 1.807) is 0 Å². The second-order valence-corrected chi connectivity index (χ2v) is 7.18. The summed E-state index contributed by atoms with van der Waals surface area (Å²) in [6, 6.07) is 2.01. The van der Waals surface area contributed by atoms with Crippen LogP contribution in [0.4, 0.5) is 39.5 Å². The third-order valence-electron chi connectivity index (χ3n) is 3.63. The van der Waals surface area contributed by atoms with E-state index in [1.165, 1.54) is 0 Å². The molecule has 3 rings (SSSR count). The second kappa shape index (κ2) is 8.65. The Bertz CT molecular complexity index is 1100. The average Bonchev–Trinajstić information content (AvgIpc) is 2.75. The zero-order valence-electron chi connectivity index (χ0n) is 14.9. The first-order valence-corrected chi connectivity index (χ1v) is 9.49. The van der Waals surface area contributed by atoms with Crippen LogP contribution in [-0.4, -0.2) is 0 Å². The van der Waals surface area contributed by atoms with Gasteiger partial charge in [0.2, 0.25) is 17.5 Å². The maximum absolute atomic E-state index is 13.9. The lowest BCUT2D eigenvalue weighted by Crippen LogP contribution is -2.11. The quantitative estimate of drug-likeness (QED) is 0.223. The standard InChI is InChI=1S/C18H6F9O4P/c19-7-1-4-10(16(25)13(7)22)29-32(28,30-11-5-2-8(20)14(23)17(11)26)31-12-6-3-9(21)15(24)18(12)27/h1-6H. The van der Waals surface area contributed by atoms with Crippen LogP contribution < -0.4 is 13.6 Å². The van der Waals surface area contributed by atoms with Crippen LogP contribution in [0.15, 0.2) is 36.4 Å². The van der Waals surface area contributed by atoms with Gasteiger partial charge in [-0.15, -0.1) is 0 Å². The van der Waals surface area contributed by atoms with E-state index < -0.39 is 77.4 Å². The molecule has 32 heavy (non-hydrogen) atoms. The van der Waals surface area contributed by atoms with Gasteiger partial charge in [0.25, 0.3) is 0 Å². The van der Waals surface area contributed by atoms with Gasteiger partial charge in [0.1, 0.15) is 0 Å².